The van der Waals surface area contributed by atoms with E-state index in [1.54, 1.807) is 0 Å². The quantitative estimate of drug-likeness (QED) is 0.201. The highest BCUT2D eigenvalue weighted by molar-refractivity contribution is 7.10. The first-order chi connectivity index (χ1) is 17.2. The van der Waals surface area contributed by atoms with Gasteiger partial charge in [-0.2, -0.15) is 0 Å². The number of carbonyl (C=O) groups excluding carboxylic acids is 2. The first-order valence-corrected chi connectivity index (χ1v) is 12.5. The van der Waals surface area contributed by atoms with Crippen molar-refractivity contribution in [1.29, 1.82) is 0 Å². The van der Waals surface area contributed by atoms with E-state index >= 15 is 0 Å². The number of hydrogen-bond donors (Lipinski definition) is 1. The molecule has 0 fully saturated rings. The van der Waals surface area contributed by atoms with Gasteiger partial charge in [-0.25, -0.2) is 4.79 Å². The minimum Gasteiger partial charge on any atom is -0.425 e. The Morgan fingerprint density at radius 3 is 2.58 bits per heavy atom. The van der Waals surface area contributed by atoms with E-state index in [0.717, 1.165) is 21.9 Å². The molecule has 1 aliphatic carbocycles. The molecule has 1 aliphatic heterocycles. The van der Waals surface area contributed by atoms with Crippen molar-refractivity contribution < 1.29 is 19.2 Å². The van der Waals surface area contributed by atoms with Crippen LogP contribution in [0.5, 0.6) is 5.75 Å². The number of Topliss-reactive ketones (excluding diaryl/α,β-unsaturated/α-hetero) is 1. The van der Waals surface area contributed by atoms with Gasteiger partial charge in [0, 0.05) is 34.7 Å². The van der Waals surface area contributed by atoms with Gasteiger partial charge in [0.25, 0.3) is 5.69 Å². The largest absolute Gasteiger partial charge is 0.425 e. The van der Waals surface area contributed by atoms with E-state index in [1.165, 1.54) is 35.6 Å². The Kier molecular flexibility index (Phi) is 6.09. The average molecular weight is 504 g/mol. The van der Waals surface area contributed by atoms with Crippen LogP contribution in [0.4, 0.5) is 17.1 Å². The topological polar surface area (TPSA) is 102 Å². The molecule has 1 atom stereocenters. The summed E-state index contributed by atoms with van der Waals surface area (Å²) in [4.78, 5) is 40.0. The van der Waals surface area contributed by atoms with Crippen LogP contribution in [-0.4, -0.2) is 23.2 Å². The molecule has 2 aromatic carbocycles. The van der Waals surface area contributed by atoms with Crippen LogP contribution >= 0.6 is 11.3 Å². The third-order valence-electron chi connectivity index (χ3n) is 6.40. The highest BCUT2D eigenvalue weighted by Crippen LogP contribution is 2.48. The molecule has 2 heterocycles. The molecule has 0 amide bonds. The monoisotopic (exact) mass is 503 g/mol. The van der Waals surface area contributed by atoms with E-state index in [1.807, 2.05) is 46.7 Å². The number of nitrogens with zero attached hydrogens (tertiary/aromatic N) is 2. The van der Waals surface area contributed by atoms with E-state index in [4.69, 9.17) is 4.74 Å². The summed E-state index contributed by atoms with van der Waals surface area (Å²) in [6.45, 7) is 4.06. The van der Waals surface area contributed by atoms with E-state index in [0.29, 0.717) is 18.4 Å². The lowest BCUT2D eigenvalue weighted by Crippen LogP contribution is -2.39. The number of hydrogen-bond acceptors (Lipinski definition) is 8. The third kappa shape index (κ3) is 4.61. The van der Waals surface area contributed by atoms with Crippen molar-refractivity contribution in [2.45, 2.75) is 32.7 Å². The Balaban J connectivity index is 1.55. The molecule has 36 heavy (non-hydrogen) atoms. The summed E-state index contributed by atoms with van der Waals surface area (Å²) in [7, 11) is 0. The number of nitro groups is 1. The van der Waals surface area contributed by atoms with Crippen molar-refractivity contribution in [1.82, 2.24) is 0 Å². The summed E-state index contributed by atoms with van der Waals surface area (Å²) in [6, 6.07) is 16.5. The Hall–Kier alpha value is -3.98. The maximum absolute atomic E-state index is 13.6. The lowest BCUT2D eigenvalue weighted by molar-refractivity contribution is -0.384. The Labute approximate surface area is 212 Å². The number of ketones is 1. The fraction of sp³-hybridized carbons (Fsp3) is 0.259. The summed E-state index contributed by atoms with van der Waals surface area (Å²) in [5.74, 6) is -0.253. The number of allylic oxidation sites excluding steroid dienone is 1. The molecule has 1 unspecified atom stereocenters. The van der Waals surface area contributed by atoms with Gasteiger partial charge in [0.1, 0.15) is 12.3 Å². The van der Waals surface area contributed by atoms with E-state index in [-0.39, 0.29) is 29.2 Å². The molecule has 0 bridgehead atoms. The second-order valence-electron chi connectivity index (χ2n) is 9.75. The predicted molar refractivity (Wildman–Crippen MR) is 138 cm³/mol. The number of anilines is 2. The molecule has 2 aliphatic rings. The molecule has 1 N–H and O–H groups in total. The van der Waals surface area contributed by atoms with Crippen molar-refractivity contribution in [2.75, 3.05) is 16.8 Å². The van der Waals surface area contributed by atoms with Crippen LogP contribution in [0.1, 0.15) is 37.6 Å². The smallest absolute Gasteiger partial charge is 0.330 e. The molecule has 3 aromatic rings. The molecule has 0 spiro atoms. The number of esters is 1. The van der Waals surface area contributed by atoms with E-state index < -0.39 is 16.9 Å². The average Bonchev–Trinajstić information content (AvgIpc) is 3.31. The highest BCUT2D eigenvalue weighted by atomic mass is 32.1. The molecule has 8 nitrogen and oxygen atoms in total. The Morgan fingerprint density at radius 2 is 1.89 bits per heavy atom. The number of para-hydroxylation sites is 2. The van der Waals surface area contributed by atoms with Crippen LogP contribution in [0, 0.1) is 15.5 Å². The van der Waals surface area contributed by atoms with Gasteiger partial charge in [0.2, 0.25) is 0 Å². The van der Waals surface area contributed by atoms with Crippen molar-refractivity contribution in [3.8, 4) is 5.75 Å². The Bertz CT molecular complexity index is 1360. The highest BCUT2D eigenvalue weighted by Gasteiger charge is 2.42. The predicted octanol–water partition coefficient (Wildman–Crippen LogP) is 5.88. The van der Waals surface area contributed by atoms with Crippen LogP contribution < -0.4 is 15.0 Å². The number of nitrogens with one attached hydrogen (secondary N) is 1. The number of benzene rings is 2. The molecule has 0 saturated carbocycles. The normalized spacial score (nSPS) is 18.6. The molecule has 1 aromatic heterocycles. The van der Waals surface area contributed by atoms with Gasteiger partial charge in [-0.1, -0.05) is 32.0 Å². The lowest BCUT2D eigenvalue weighted by Gasteiger charge is -2.37. The summed E-state index contributed by atoms with van der Waals surface area (Å²) >= 11 is 1.54. The van der Waals surface area contributed by atoms with Crippen molar-refractivity contribution in [2.24, 2.45) is 5.41 Å². The number of non-ortho nitro benzene ring substituents is 1. The number of carbonyl (C=O) groups is 2. The molecular formula is C27H25N3O5S. The van der Waals surface area contributed by atoms with Crippen molar-refractivity contribution >= 4 is 40.2 Å². The van der Waals surface area contributed by atoms with E-state index in [9.17, 15) is 19.7 Å². The standard InChI is InChI=1S/C27H25N3O5S/c1-27(2)14-20-25(22(31)15-27)26(23-8-5-13-36-23)29(21-7-4-3-6-19(21)28-20)16-24(32)35-18-11-9-17(10-12-18)30(33)34/h3-13,26,28H,14-16H2,1-2H3. The number of nitro benzene ring substituents is 1. The van der Waals surface area contributed by atoms with Crippen LogP contribution in [0.3, 0.4) is 0 Å². The number of ether oxygens (including phenoxy) is 1. The van der Waals surface area contributed by atoms with Crippen LogP contribution in [0.2, 0.25) is 0 Å². The molecule has 184 valence electrons. The third-order valence-corrected chi connectivity index (χ3v) is 7.32. The maximum Gasteiger partial charge on any atom is 0.330 e. The summed E-state index contributed by atoms with van der Waals surface area (Å²) < 4.78 is 5.55. The second kappa shape index (κ2) is 9.23. The SMILES string of the molecule is CC1(C)CC(=O)C2=C(C1)Nc1ccccc1N(CC(=O)Oc1ccc([N+](=O)[O-])cc1)C2c1cccs1. The molecule has 9 heteroatoms. The summed E-state index contributed by atoms with van der Waals surface area (Å²) in [6.07, 6.45) is 1.14. The number of rotatable bonds is 5. The first-order valence-electron chi connectivity index (χ1n) is 11.6. The van der Waals surface area contributed by atoms with Crippen molar-refractivity contribution in [3.05, 3.63) is 92.3 Å². The maximum atomic E-state index is 13.6. The molecule has 0 saturated heterocycles. The number of thiophene rings is 1. The van der Waals surface area contributed by atoms with Crippen LogP contribution in [0.15, 0.2) is 77.3 Å². The van der Waals surface area contributed by atoms with Gasteiger partial charge in [-0.15, -0.1) is 11.3 Å². The minimum absolute atomic E-state index is 0.0636. The second-order valence-corrected chi connectivity index (χ2v) is 10.7. The zero-order valence-corrected chi connectivity index (χ0v) is 20.7. The van der Waals surface area contributed by atoms with E-state index in [2.05, 4.69) is 19.2 Å². The van der Waals surface area contributed by atoms with Gasteiger partial charge in [-0.3, -0.25) is 14.9 Å². The van der Waals surface area contributed by atoms with Gasteiger partial charge in [-0.05, 0) is 47.5 Å². The van der Waals surface area contributed by atoms with Gasteiger partial charge < -0.3 is 15.0 Å². The van der Waals surface area contributed by atoms with Gasteiger partial charge in [0.05, 0.1) is 22.3 Å². The fourth-order valence-corrected chi connectivity index (χ4v) is 5.75. The lowest BCUT2D eigenvalue weighted by atomic mass is 9.74. The Morgan fingerprint density at radius 1 is 1.14 bits per heavy atom. The van der Waals surface area contributed by atoms with Crippen LogP contribution in [0.25, 0.3) is 0 Å². The van der Waals surface area contributed by atoms with Crippen LogP contribution in [-0.2, 0) is 9.59 Å². The zero-order valence-electron chi connectivity index (χ0n) is 19.9. The molecule has 0 radical (unpaired) electrons. The molecular weight excluding hydrogens is 478 g/mol. The zero-order chi connectivity index (χ0) is 25.4. The first kappa shape index (κ1) is 23.7. The summed E-state index contributed by atoms with van der Waals surface area (Å²) in [5, 5.41) is 16.4. The van der Waals surface area contributed by atoms with Gasteiger partial charge in [0.15, 0.2) is 5.78 Å². The summed E-state index contributed by atoms with van der Waals surface area (Å²) in [5.41, 5.74) is 2.90. The minimum atomic E-state index is -0.534. The van der Waals surface area contributed by atoms with Gasteiger partial charge >= 0.3 is 5.97 Å². The van der Waals surface area contributed by atoms with Crippen molar-refractivity contribution in [3.63, 3.8) is 0 Å². The molecule has 5 rings (SSSR count). The fourth-order valence-electron chi connectivity index (χ4n) is 4.91. The number of fused-ring (bicyclic) bond motifs is 1.